The van der Waals surface area contributed by atoms with Crippen molar-refractivity contribution >= 4 is 0 Å². The van der Waals surface area contributed by atoms with Gasteiger partial charge in [0.2, 0.25) is 0 Å². The van der Waals surface area contributed by atoms with E-state index in [1.54, 1.807) is 6.07 Å². The summed E-state index contributed by atoms with van der Waals surface area (Å²) >= 11 is 0. The first-order valence-electron chi connectivity index (χ1n) is 11.9. The summed E-state index contributed by atoms with van der Waals surface area (Å²) in [5.41, 5.74) is 1.09. The molecule has 1 aliphatic carbocycles. The first kappa shape index (κ1) is 25.8. The Labute approximate surface area is 214 Å². The van der Waals surface area contributed by atoms with Crippen LogP contribution in [-0.4, -0.2) is 0 Å². The van der Waals surface area contributed by atoms with E-state index < -0.39 is 52.1 Å². The van der Waals surface area contributed by atoms with E-state index in [2.05, 4.69) is 11.7 Å². The average molecular weight is 530 g/mol. The molecule has 4 aromatic carbocycles. The summed E-state index contributed by atoms with van der Waals surface area (Å²) in [6, 6.07) is 12.1. The Morgan fingerprint density at radius 3 is 1.84 bits per heavy atom. The van der Waals surface area contributed by atoms with Gasteiger partial charge in [-0.1, -0.05) is 37.3 Å². The minimum atomic E-state index is -4.62. The second-order valence-corrected chi connectivity index (χ2v) is 9.64. The molecule has 0 bridgehead atoms. The Morgan fingerprint density at radius 1 is 0.658 bits per heavy atom. The van der Waals surface area contributed by atoms with Crippen LogP contribution < -0.4 is 4.74 Å². The maximum absolute atomic E-state index is 15.1. The van der Waals surface area contributed by atoms with Crippen LogP contribution in [0.3, 0.4) is 0 Å². The highest BCUT2D eigenvalue weighted by molar-refractivity contribution is 5.72. The lowest BCUT2D eigenvalue weighted by Gasteiger charge is -2.20. The van der Waals surface area contributed by atoms with E-state index in [4.69, 9.17) is 0 Å². The molecule has 0 N–H and O–H groups in total. The number of halogens is 7. The van der Waals surface area contributed by atoms with E-state index in [1.165, 1.54) is 23.3 Å². The van der Waals surface area contributed by atoms with Crippen molar-refractivity contribution in [1.29, 1.82) is 0 Å². The number of benzene rings is 4. The molecule has 38 heavy (non-hydrogen) atoms. The molecule has 0 saturated carbocycles. The van der Waals surface area contributed by atoms with E-state index in [9.17, 15) is 26.3 Å². The largest absolute Gasteiger partial charge is 0.432 e. The van der Waals surface area contributed by atoms with Crippen LogP contribution in [0.15, 0.2) is 60.7 Å². The average Bonchev–Trinajstić information content (AvgIpc) is 3.20. The predicted octanol–water partition coefficient (Wildman–Crippen LogP) is 8.89. The van der Waals surface area contributed by atoms with Crippen LogP contribution in [0.1, 0.15) is 29.2 Å². The highest BCUT2D eigenvalue weighted by Crippen LogP contribution is 2.39. The first-order chi connectivity index (χ1) is 17.9. The molecule has 5 rings (SSSR count). The van der Waals surface area contributed by atoms with Crippen LogP contribution in [0, 0.1) is 41.9 Å². The Kier molecular flexibility index (Phi) is 6.45. The number of rotatable bonds is 5. The van der Waals surface area contributed by atoms with Gasteiger partial charge in [-0.3, -0.25) is 0 Å². The van der Waals surface area contributed by atoms with Crippen molar-refractivity contribution in [2.75, 3.05) is 0 Å². The molecule has 0 aromatic heterocycles. The molecular weight excluding hydrogens is 509 g/mol. The summed E-state index contributed by atoms with van der Waals surface area (Å²) in [6.45, 7) is 3.24. The molecule has 1 nitrogen and oxygen atoms in total. The molecule has 1 atom stereocenters. The molecule has 1 unspecified atom stereocenters. The quantitative estimate of drug-likeness (QED) is 0.234. The predicted molar refractivity (Wildman–Crippen MR) is 129 cm³/mol. The van der Waals surface area contributed by atoms with Crippen LogP contribution in [0.5, 0.6) is 5.75 Å². The van der Waals surface area contributed by atoms with Gasteiger partial charge in [0.15, 0.2) is 0 Å². The van der Waals surface area contributed by atoms with Crippen LogP contribution in [-0.2, 0) is 19.0 Å². The smallest absolute Gasteiger partial charge is 0.429 e. The summed E-state index contributed by atoms with van der Waals surface area (Å²) in [6.07, 6.45) is -2.70. The van der Waals surface area contributed by atoms with Gasteiger partial charge in [-0.15, -0.1) is 0 Å². The fourth-order valence-corrected chi connectivity index (χ4v) is 4.83. The highest BCUT2D eigenvalue weighted by atomic mass is 19.3. The van der Waals surface area contributed by atoms with Crippen LogP contribution in [0.2, 0.25) is 0 Å². The molecule has 196 valence electrons. The van der Waals surface area contributed by atoms with Gasteiger partial charge in [-0.2, -0.15) is 8.78 Å². The zero-order valence-electron chi connectivity index (χ0n) is 20.3. The molecule has 0 spiro atoms. The molecule has 0 amide bonds. The zero-order valence-corrected chi connectivity index (χ0v) is 20.3. The molecular formula is C30H21F7O. The second-order valence-electron chi connectivity index (χ2n) is 9.64. The van der Waals surface area contributed by atoms with Crippen molar-refractivity contribution in [3.8, 4) is 28.0 Å². The summed E-state index contributed by atoms with van der Waals surface area (Å²) in [5.74, 6) is -6.98. The molecule has 8 heteroatoms. The third kappa shape index (κ3) is 4.75. The number of fused-ring (bicyclic) bond motifs is 1. The third-order valence-electron chi connectivity index (χ3n) is 6.79. The number of hydrogen-bond acceptors (Lipinski definition) is 1. The molecule has 1 aliphatic rings. The zero-order chi connectivity index (χ0) is 27.4. The minimum Gasteiger partial charge on any atom is -0.429 e. The fraction of sp³-hybridized carbons (Fsp3) is 0.200. The highest BCUT2D eigenvalue weighted by Gasteiger charge is 2.41. The minimum absolute atomic E-state index is 0.195. The van der Waals surface area contributed by atoms with E-state index in [0.29, 0.717) is 35.7 Å². The molecule has 4 aromatic rings. The second kappa shape index (κ2) is 9.49. The fourth-order valence-electron chi connectivity index (χ4n) is 4.83. The Hall–Kier alpha value is -3.81. The Bertz CT molecular complexity index is 1510. The van der Waals surface area contributed by atoms with Gasteiger partial charge in [0.05, 0.1) is 0 Å². The maximum Gasteiger partial charge on any atom is 0.432 e. The van der Waals surface area contributed by atoms with Crippen LogP contribution in [0.25, 0.3) is 22.3 Å². The SMILES string of the molecule is Cc1c(F)cc(OC(F)(F)c2c(F)cc(-c3ccc(-c4ccc5c(c4)CC(C)C5)cc3F)cc2F)cc1F. The first-order valence-corrected chi connectivity index (χ1v) is 11.9. The lowest BCUT2D eigenvalue weighted by molar-refractivity contribution is -0.189. The van der Waals surface area contributed by atoms with Crippen molar-refractivity contribution in [1.82, 2.24) is 0 Å². The summed E-state index contributed by atoms with van der Waals surface area (Å²) in [5, 5.41) is 0. The van der Waals surface area contributed by atoms with Gasteiger partial charge in [0.1, 0.15) is 40.4 Å². The van der Waals surface area contributed by atoms with Crippen molar-refractivity contribution in [2.24, 2.45) is 5.92 Å². The molecule has 0 fully saturated rings. The summed E-state index contributed by atoms with van der Waals surface area (Å²) in [4.78, 5) is 0. The van der Waals surface area contributed by atoms with E-state index in [0.717, 1.165) is 25.3 Å². The van der Waals surface area contributed by atoms with E-state index >= 15 is 4.39 Å². The maximum atomic E-state index is 15.1. The van der Waals surface area contributed by atoms with Crippen molar-refractivity contribution in [2.45, 2.75) is 32.8 Å². The van der Waals surface area contributed by atoms with Crippen LogP contribution >= 0.6 is 0 Å². The van der Waals surface area contributed by atoms with Gasteiger partial charge in [-0.05, 0) is 71.7 Å². The number of alkyl halides is 2. The normalized spacial score (nSPS) is 15.0. The molecule has 0 heterocycles. The number of hydrogen-bond donors (Lipinski definition) is 0. The molecule has 0 radical (unpaired) electrons. The van der Waals surface area contributed by atoms with Gasteiger partial charge < -0.3 is 4.74 Å². The third-order valence-corrected chi connectivity index (χ3v) is 6.79. The topological polar surface area (TPSA) is 9.23 Å². The summed E-state index contributed by atoms with van der Waals surface area (Å²) in [7, 11) is 0. The van der Waals surface area contributed by atoms with Gasteiger partial charge in [0, 0.05) is 23.3 Å². The van der Waals surface area contributed by atoms with Gasteiger partial charge >= 0.3 is 6.11 Å². The molecule has 0 saturated heterocycles. The Balaban J connectivity index is 1.45. The van der Waals surface area contributed by atoms with E-state index in [-0.39, 0.29) is 11.1 Å². The van der Waals surface area contributed by atoms with Gasteiger partial charge in [0.25, 0.3) is 0 Å². The standard InChI is InChI=1S/C30H21F7O/c1-15-7-17-3-4-18(9-20(17)8-15)19-5-6-23(26(33)10-19)21-11-27(34)29(28(35)12-21)30(36,37)38-22-13-24(31)16(2)25(32)14-22/h3-6,9-15H,7-8H2,1-2H3. The summed E-state index contributed by atoms with van der Waals surface area (Å²) < 4.78 is 106. The van der Waals surface area contributed by atoms with Crippen molar-refractivity contribution < 1.29 is 35.5 Å². The molecule has 0 aliphatic heterocycles. The number of ether oxygens (including phenoxy) is 1. The Morgan fingerprint density at radius 2 is 1.21 bits per heavy atom. The van der Waals surface area contributed by atoms with E-state index in [1.807, 2.05) is 18.2 Å². The van der Waals surface area contributed by atoms with Crippen LogP contribution in [0.4, 0.5) is 30.7 Å². The van der Waals surface area contributed by atoms with Crippen molar-refractivity contribution in [3.05, 3.63) is 112 Å². The monoisotopic (exact) mass is 530 g/mol. The lowest BCUT2D eigenvalue weighted by atomic mass is 9.96. The van der Waals surface area contributed by atoms with Crippen molar-refractivity contribution in [3.63, 3.8) is 0 Å². The lowest BCUT2D eigenvalue weighted by Crippen LogP contribution is -2.25. The van der Waals surface area contributed by atoms with Gasteiger partial charge in [-0.25, -0.2) is 22.0 Å².